The van der Waals surface area contributed by atoms with Crippen molar-refractivity contribution in [2.45, 2.75) is 44.8 Å². The molecule has 1 rings (SSSR count). The van der Waals surface area contributed by atoms with Gasteiger partial charge in [0.25, 0.3) is 0 Å². The molecule has 0 N–H and O–H groups in total. The van der Waals surface area contributed by atoms with Gasteiger partial charge in [-0.2, -0.15) is 0 Å². The van der Waals surface area contributed by atoms with Gasteiger partial charge in [-0.1, -0.05) is 13.0 Å². The molecule has 3 heteroatoms. The number of rotatable bonds is 3. The molecule has 3 nitrogen and oxygen atoms in total. The molecular weight excluding hydrogens is 190 g/mol. The fraction of sp³-hybridized carbons (Fsp3) is 0.750. The molecule has 0 unspecified atom stereocenters. The summed E-state index contributed by atoms with van der Waals surface area (Å²) in [5.41, 5.74) is 0.0793. The lowest BCUT2D eigenvalue weighted by Gasteiger charge is -2.41. The zero-order valence-corrected chi connectivity index (χ0v) is 10.0. The zero-order chi connectivity index (χ0) is 11.5. The highest BCUT2D eigenvalue weighted by molar-refractivity contribution is 5.87. The summed E-state index contributed by atoms with van der Waals surface area (Å²) in [6, 6.07) is 0. The van der Waals surface area contributed by atoms with Crippen LogP contribution >= 0.6 is 0 Å². The summed E-state index contributed by atoms with van der Waals surface area (Å²) in [4.78, 5) is 13.6. The normalized spacial score (nSPS) is 20.0. The summed E-state index contributed by atoms with van der Waals surface area (Å²) in [5.74, 6) is -0.273. The van der Waals surface area contributed by atoms with Gasteiger partial charge >= 0.3 is 5.97 Å². The van der Waals surface area contributed by atoms with Gasteiger partial charge in [0, 0.05) is 18.4 Å². The molecule has 0 heterocycles. The van der Waals surface area contributed by atoms with Gasteiger partial charge in [0.2, 0.25) is 0 Å². The number of carbonyl (C=O) groups excluding carboxylic acids is 1. The number of nitrogens with zero attached hydrogens (tertiary/aromatic N) is 1. The van der Waals surface area contributed by atoms with Gasteiger partial charge in [-0.25, -0.2) is 4.79 Å². The van der Waals surface area contributed by atoms with E-state index in [9.17, 15) is 4.79 Å². The molecule has 15 heavy (non-hydrogen) atoms. The second-order valence-corrected chi connectivity index (χ2v) is 4.57. The number of hydrogen-bond acceptors (Lipinski definition) is 3. The minimum absolute atomic E-state index is 0.273. The lowest BCUT2D eigenvalue weighted by molar-refractivity contribution is -0.182. The molecule has 0 aromatic rings. The topological polar surface area (TPSA) is 29.5 Å². The van der Waals surface area contributed by atoms with Crippen molar-refractivity contribution in [3.05, 3.63) is 12.2 Å². The summed E-state index contributed by atoms with van der Waals surface area (Å²) in [5, 5.41) is 0. The van der Waals surface area contributed by atoms with Crippen molar-refractivity contribution in [2.75, 3.05) is 14.1 Å². The molecule has 0 bridgehead atoms. The highest BCUT2D eigenvalue weighted by Crippen LogP contribution is 2.33. The van der Waals surface area contributed by atoms with Crippen LogP contribution in [0.2, 0.25) is 0 Å². The van der Waals surface area contributed by atoms with Crippen molar-refractivity contribution < 1.29 is 9.53 Å². The molecule has 0 aromatic carbocycles. The van der Waals surface area contributed by atoms with E-state index in [0.29, 0.717) is 5.57 Å². The van der Waals surface area contributed by atoms with Crippen LogP contribution in [0.3, 0.4) is 0 Å². The summed E-state index contributed by atoms with van der Waals surface area (Å²) < 4.78 is 5.59. The second kappa shape index (κ2) is 4.79. The van der Waals surface area contributed by atoms with E-state index in [-0.39, 0.29) is 5.97 Å². The van der Waals surface area contributed by atoms with Crippen molar-refractivity contribution in [1.82, 2.24) is 4.90 Å². The van der Waals surface area contributed by atoms with Gasteiger partial charge in [-0.15, -0.1) is 0 Å². The minimum atomic E-state index is -0.395. The lowest BCUT2D eigenvalue weighted by atomic mass is 9.90. The first-order chi connectivity index (χ1) is 6.98. The smallest absolute Gasteiger partial charge is 0.334 e. The first-order valence-corrected chi connectivity index (χ1v) is 5.54. The maximum Gasteiger partial charge on any atom is 0.334 e. The quantitative estimate of drug-likeness (QED) is 0.407. The Bertz CT molecular complexity index is 252. The molecule has 0 amide bonds. The predicted molar refractivity (Wildman–Crippen MR) is 60.4 cm³/mol. The second-order valence-electron chi connectivity index (χ2n) is 4.57. The van der Waals surface area contributed by atoms with Gasteiger partial charge in [0.05, 0.1) is 0 Å². The molecule has 1 aliphatic rings. The van der Waals surface area contributed by atoms with Crippen molar-refractivity contribution in [3.63, 3.8) is 0 Å². The Hall–Kier alpha value is -0.830. The average Bonchev–Trinajstić information content (AvgIpc) is 2.18. The van der Waals surface area contributed by atoms with Crippen LogP contribution in [0.25, 0.3) is 0 Å². The standard InChI is InChI=1S/C12H21NO2/c1-10(2)11(14)15-12(13(3)4)8-6-5-7-9-12/h1,5-9H2,2-4H3. The first kappa shape index (κ1) is 12.2. The Labute approximate surface area is 92.1 Å². The van der Waals surface area contributed by atoms with Crippen LogP contribution in [-0.4, -0.2) is 30.7 Å². The summed E-state index contributed by atoms with van der Waals surface area (Å²) in [6.45, 7) is 5.31. The average molecular weight is 211 g/mol. The monoisotopic (exact) mass is 211 g/mol. The molecule has 1 fully saturated rings. The van der Waals surface area contributed by atoms with E-state index in [1.807, 2.05) is 19.0 Å². The van der Waals surface area contributed by atoms with Crippen LogP contribution < -0.4 is 0 Å². The SMILES string of the molecule is C=C(C)C(=O)OC1(N(C)C)CCCCC1. The highest BCUT2D eigenvalue weighted by atomic mass is 16.6. The maximum absolute atomic E-state index is 11.6. The van der Waals surface area contributed by atoms with Crippen LogP contribution in [-0.2, 0) is 9.53 Å². The van der Waals surface area contributed by atoms with E-state index in [1.54, 1.807) is 6.92 Å². The zero-order valence-electron chi connectivity index (χ0n) is 10.0. The fourth-order valence-electron chi connectivity index (χ4n) is 2.00. The molecule has 86 valence electrons. The Kier molecular flexibility index (Phi) is 3.91. The molecular formula is C12H21NO2. The van der Waals surface area contributed by atoms with E-state index in [0.717, 1.165) is 25.7 Å². The van der Waals surface area contributed by atoms with Gasteiger partial charge in [-0.05, 0) is 33.9 Å². The van der Waals surface area contributed by atoms with Gasteiger partial charge in [0.1, 0.15) is 0 Å². The van der Waals surface area contributed by atoms with E-state index >= 15 is 0 Å². The van der Waals surface area contributed by atoms with Crippen LogP contribution in [0, 0.1) is 0 Å². The minimum Gasteiger partial charge on any atom is -0.440 e. The van der Waals surface area contributed by atoms with Crippen LogP contribution in [0.4, 0.5) is 0 Å². The molecule has 0 aromatic heterocycles. The maximum atomic E-state index is 11.6. The van der Waals surface area contributed by atoms with Crippen LogP contribution in [0.15, 0.2) is 12.2 Å². The first-order valence-electron chi connectivity index (χ1n) is 5.54. The molecule has 1 saturated carbocycles. The van der Waals surface area contributed by atoms with Crippen molar-refractivity contribution in [1.29, 1.82) is 0 Å². The van der Waals surface area contributed by atoms with E-state index in [2.05, 4.69) is 6.58 Å². The third-order valence-corrected chi connectivity index (χ3v) is 3.08. The van der Waals surface area contributed by atoms with Gasteiger partial charge in [0.15, 0.2) is 5.72 Å². The van der Waals surface area contributed by atoms with E-state index < -0.39 is 5.72 Å². The predicted octanol–water partition coefficient (Wildman–Crippen LogP) is 2.33. The number of hydrogen-bond donors (Lipinski definition) is 0. The third kappa shape index (κ3) is 2.81. The molecule has 0 aliphatic heterocycles. The van der Waals surface area contributed by atoms with E-state index in [4.69, 9.17) is 4.74 Å². The summed E-state index contributed by atoms with van der Waals surface area (Å²) in [7, 11) is 3.94. The largest absolute Gasteiger partial charge is 0.440 e. The lowest BCUT2D eigenvalue weighted by Crippen LogP contribution is -2.49. The highest BCUT2D eigenvalue weighted by Gasteiger charge is 2.38. The van der Waals surface area contributed by atoms with Crippen LogP contribution in [0.1, 0.15) is 39.0 Å². The van der Waals surface area contributed by atoms with Crippen molar-refractivity contribution in [2.24, 2.45) is 0 Å². The van der Waals surface area contributed by atoms with Gasteiger partial charge < -0.3 is 4.74 Å². The van der Waals surface area contributed by atoms with Crippen molar-refractivity contribution >= 4 is 5.97 Å². The molecule has 0 saturated heterocycles. The van der Waals surface area contributed by atoms with E-state index in [1.165, 1.54) is 6.42 Å². The Morgan fingerprint density at radius 3 is 2.20 bits per heavy atom. The third-order valence-electron chi connectivity index (χ3n) is 3.08. The number of ether oxygens (including phenoxy) is 1. The number of esters is 1. The Balaban J connectivity index is 2.73. The van der Waals surface area contributed by atoms with Crippen LogP contribution in [0.5, 0.6) is 0 Å². The van der Waals surface area contributed by atoms with Gasteiger partial charge in [-0.3, -0.25) is 4.90 Å². The molecule has 0 radical (unpaired) electrons. The molecule has 0 atom stereocenters. The molecule has 1 aliphatic carbocycles. The summed E-state index contributed by atoms with van der Waals surface area (Å²) >= 11 is 0. The molecule has 0 spiro atoms. The summed E-state index contributed by atoms with van der Waals surface area (Å²) in [6.07, 6.45) is 5.35. The number of carbonyl (C=O) groups is 1. The Morgan fingerprint density at radius 1 is 1.27 bits per heavy atom. The Morgan fingerprint density at radius 2 is 1.80 bits per heavy atom. The fourth-order valence-corrected chi connectivity index (χ4v) is 2.00. The van der Waals surface area contributed by atoms with Crippen molar-refractivity contribution in [3.8, 4) is 0 Å².